The number of nitrogens with zero attached hydrogens (tertiary/aromatic N) is 2. The van der Waals surface area contributed by atoms with Crippen LogP contribution in [0, 0.1) is 0 Å². The molecule has 11 heavy (non-hydrogen) atoms. The summed E-state index contributed by atoms with van der Waals surface area (Å²) in [6, 6.07) is 0.372. The molecule has 62 valence electrons. The second-order valence-electron chi connectivity index (χ2n) is 2.42. The molecule has 0 amide bonds. The number of allylic oxidation sites excluding steroid dienone is 1. The van der Waals surface area contributed by atoms with E-state index in [1.54, 1.807) is 19.3 Å². The molecule has 0 radical (unpaired) electrons. The quantitative estimate of drug-likeness (QED) is 0.606. The van der Waals surface area contributed by atoms with E-state index in [9.17, 15) is 0 Å². The lowest BCUT2D eigenvalue weighted by molar-refractivity contribution is 0.665. The molecule has 0 unspecified atom stereocenters. The summed E-state index contributed by atoms with van der Waals surface area (Å²) in [6.07, 6.45) is 3.46. The first-order valence-electron chi connectivity index (χ1n) is 3.56. The lowest BCUT2D eigenvalue weighted by Gasteiger charge is -2.07. The van der Waals surface area contributed by atoms with E-state index in [0.717, 1.165) is 5.82 Å². The van der Waals surface area contributed by atoms with E-state index >= 15 is 0 Å². The van der Waals surface area contributed by atoms with Crippen LogP contribution in [0.25, 0.3) is 0 Å². The van der Waals surface area contributed by atoms with Gasteiger partial charge in [0.15, 0.2) is 0 Å². The fourth-order valence-corrected chi connectivity index (χ4v) is 0.587. The molecule has 0 aliphatic heterocycles. The molecule has 3 heteroatoms. The highest BCUT2D eigenvalue weighted by Gasteiger charge is 1.92. The van der Waals surface area contributed by atoms with E-state index < -0.39 is 0 Å². The molecular formula is C8H15N3. The number of rotatable bonds is 4. The van der Waals surface area contributed by atoms with Gasteiger partial charge in [-0.15, -0.1) is 0 Å². The zero-order valence-corrected chi connectivity index (χ0v) is 7.33. The second-order valence-corrected chi connectivity index (χ2v) is 2.42. The summed E-state index contributed by atoms with van der Waals surface area (Å²) in [4.78, 5) is 7.58. The zero-order chi connectivity index (χ0) is 8.69. The predicted molar refractivity (Wildman–Crippen MR) is 50.3 cm³/mol. The van der Waals surface area contributed by atoms with Gasteiger partial charge in [-0.2, -0.15) is 0 Å². The lowest BCUT2D eigenvalue weighted by Crippen LogP contribution is -2.20. The minimum atomic E-state index is 0.372. The molecule has 0 bridgehead atoms. The van der Waals surface area contributed by atoms with Crippen molar-refractivity contribution in [1.82, 2.24) is 5.32 Å². The molecule has 0 aromatic heterocycles. The molecular weight excluding hydrogens is 138 g/mol. The van der Waals surface area contributed by atoms with Crippen LogP contribution in [0.4, 0.5) is 0 Å². The minimum Gasteiger partial charge on any atom is -0.368 e. The van der Waals surface area contributed by atoms with Crippen molar-refractivity contribution in [3.05, 3.63) is 11.9 Å². The SMILES string of the molecule is C=N/C(=C\C=NC)NC(C)C. The molecule has 3 nitrogen and oxygen atoms in total. The van der Waals surface area contributed by atoms with Crippen molar-refractivity contribution in [3.8, 4) is 0 Å². The molecule has 0 aromatic rings. The maximum Gasteiger partial charge on any atom is 0.126 e. The molecule has 0 spiro atoms. The number of hydrogen-bond donors (Lipinski definition) is 1. The third-order valence-electron chi connectivity index (χ3n) is 0.988. The van der Waals surface area contributed by atoms with Gasteiger partial charge in [-0.1, -0.05) is 0 Å². The smallest absolute Gasteiger partial charge is 0.126 e. The van der Waals surface area contributed by atoms with Crippen LogP contribution in [-0.4, -0.2) is 26.0 Å². The molecule has 0 atom stereocenters. The Morgan fingerprint density at radius 2 is 2.18 bits per heavy atom. The summed E-state index contributed by atoms with van der Waals surface area (Å²) in [5.41, 5.74) is 0. The summed E-state index contributed by atoms with van der Waals surface area (Å²) < 4.78 is 0. The van der Waals surface area contributed by atoms with Crippen LogP contribution in [-0.2, 0) is 0 Å². The Morgan fingerprint density at radius 1 is 1.55 bits per heavy atom. The number of hydrogen-bond acceptors (Lipinski definition) is 3. The fourth-order valence-electron chi connectivity index (χ4n) is 0.587. The van der Waals surface area contributed by atoms with E-state index in [4.69, 9.17) is 0 Å². The van der Waals surface area contributed by atoms with Crippen molar-refractivity contribution in [2.45, 2.75) is 19.9 Å². The van der Waals surface area contributed by atoms with Gasteiger partial charge < -0.3 is 5.32 Å². The Morgan fingerprint density at radius 3 is 2.55 bits per heavy atom. The summed E-state index contributed by atoms with van der Waals surface area (Å²) in [7, 11) is 1.71. The number of nitrogens with one attached hydrogen (secondary N) is 1. The summed E-state index contributed by atoms with van der Waals surface area (Å²) in [6.45, 7) is 7.51. The van der Waals surface area contributed by atoms with E-state index in [1.165, 1.54) is 0 Å². The molecule has 0 saturated heterocycles. The Hall–Kier alpha value is -1.12. The van der Waals surface area contributed by atoms with Gasteiger partial charge in [0, 0.05) is 19.3 Å². The van der Waals surface area contributed by atoms with Crippen LogP contribution in [0.3, 0.4) is 0 Å². The maximum atomic E-state index is 3.80. The molecule has 0 heterocycles. The van der Waals surface area contributed by atoms with Gasteiger partial charge in [0.2, 0.25) is 0 Å². The minimum absolute atomic E-state index is 0.372. The van der Waals surface area contributed by atoms with Crippen LogP contribution in [0.5, 0.6) is 0 Å². The summed E-state index contributed by atoms with van der Waals surface area (Å²) >= 11 is 0. The number of aliphatic imine (C=N–C) groups is 2. The van der Waals surface area contributed by atoms with Gasteiger partial charge in [-0.25, -0.2) is 4.99 Å². The Kier molecular flexibility index (Phi) is 5.07. The van der Waals surface area contributed by atoms with Crippen molar-refractivity contribution in [2.24, 2.45) is 9.98 Å². The second kappa shape index (κ2) is 5.65. The predicted octanol–water partition coefficient (Wildman–Crippen LogP) is 1.23. The standard InChI is InChI=1S/C8H15N3/c1-7(2)11-8(10-4)5-6-9-3/h5-7,11H,4H2,1-3H3/b8-5+,9-6?. The van der Waals surface area contributed by atoms with Crippen molar-refractivity contribution in [3.63, 3.8) is 0 Å². The van der Waals surface area contributed by atoms with Gasteiger partial charge in [0.25, 0.3) is 0 Å². The highest BCUT2D eigenvalue weighted by molar-refractivity contribution is 5.71. The molecule has 0 saturated carbocycles. The third-order valence-corrected chi connectivity index (χ3v) is 0.988. The molecule has 1 N–H and O–H groups in total. The Bertz CT molecular complexity index is 168. The maximum absolute atomic E-state index is 3.80. The largest absolute Gasteiger partial charge is 0.368 e. The average Bonchev–Trinajstić information content (AvgIpc) is 1.97. The third kappa shape index (κ3) is 5.33. The van der Waals surface area contributed by atoms with Crippen molar-refractivity contribution in [1.29, 1.82) is 0 Å². The summed E-state index contributed by atoms with van der Waals surface area (Å²) in [5, 5.41) is 3.10. The van der Waals surface area contributed by atoms with Crippen LogP contribution in [0.2, 0.25) is 0 Å². The van der Waals surface area contributed by atoms with Gasteiger partial charge in [0.1, 0.15) is 5.82 Å². The van der Waals surface area contributed by atoms with Crippen LogP contribution < -0.4 is 5.32 Å². The normalized spacial score (nSPS) is 12.5. The fraction of sp³-hybridized carbons (Fsp3) is 0.500. The Labute approximate surface area is 67.9 Å². The first-order chi connectivity index (χ1) is 5.20. The molecule has 0 aliphatic rings. The topological polar surface area (TPSA) is 36.8 Å². The molecule has 0 rings (SSSR count). The van der Waals surface area contributed by atoms with Crippen molar-refractivity contribution >= 4 is 12.9 Å². The highest BCUT2D eigenvalue weighted by atomic mass is 15.0. The van der Waals surface area contributed by atoms with E-state index in [-0.39, 0.29) is 0 Å². The average molecular weight is 153 g/mol. The van der Waals surface area contributed by atoms with Gasteiger partial charge >= 0.3 is 0 Å². The van der Waals surface area contributed by atoms with E-state index in [1.807, 2.05) is 13.8 Å². The van der Waals surface area contributed by atoms with Crippen molar-refractivity contribution < 1.29 is 0 Å². The van der Waals surface area contributed by atoms with Crippen LogP contribution in [0.15, 0.2) is 21.9 Å². The summed E-state index contributed by atoms with van der Waals surface area (Å²) in [5.74, 6) is 0.755. The van der Waals surface area contributed by atoms with Gasteiger partial charge in [-0.05, 0) is 26.6 Å². The highest BCUT2D eigenvalue weighted by Crippen LogP contribution is 1.90. The molecule has 0 aliphatic carbocycles. The van der Waals surface area contributed by atoms with Crippen molar-refractivity contribution in [2.75, 3.05) is 7.05 Å². The Balaban J connectivity index is 4.04. The van der Waals surface area contributed by atoms with E-state index in [0.29, 0.717) is 6.04 Å². The van der Waals surface area contributed by atoms with Crippen LogP contribution >= 0.6 is 0 Å². The first kappa shape index (κ1) is 9.88. The zero-order valence-electron chi connectivity index (χ0n) is 7.33. The molecule has 0 aromatic carbocycles. The van der Waals surface area contributed by atoms with Gasteiger partial charge in [0.05, 0.1) is 0 Å². The van der Waals surface area contributed by atoms with Crippen LogP contribution in [0.1, 0.15) is 13.8 Å². The lowest BCUT2D eigenvalue weighted by atomic mass is 10.4. The van der Waals surface area contributed by atoms with E-state index in [2.05, 4.69) is 22.0 Å². The first-order valence-corrected chi connectivity index (χ1v) is 3.56. The monoisotopic (exact) mass is 153 g/mol. The molecule has 0 fully saturated rings. The van der Waals surface area contributed by atoms with Gasteiger partial charge in [-0.3, -0.25) is 4.99 Å².